The van der Waals surface area contributed by atoms with Gasteiger partial charge in [-0.3, -0.25) is 4.68 Å². The lowest BCUT2D eigenvalue weighted by atomic mass is 10.1. The Morgan fingerprint density at radius 3 is 2.70 bits per heavy atom. The van der Waals surface area contributed by atoms with Crippen LogP contribution in [0.25, 0.3) is 0 Å². The molecule has 1 N–H and O–H groups in total. The number of aromatic nitrogens is 2. The molecule has 20 heavy (non-hydrogen) atoms. The first-order valence-corrected chi connectivity index (χ1v) is 7.59. The van der Waals surface area contributed by atoms with Crippen molar-refractivity contribution in [3.63, 3.8) is 0 Å². The summed E-state index contributed by atoms with van der Waals surface area (Å²) in [5, 5.41) is 8.47. The quantitative estimate of drug-likeness (QED) is 0.848. The molecule has 2 aromatic heterocycles. The Bertz CT molecular complexity index is 547. The van der Waals surface area contributed by atoms with E-state index in [9.17, 15) is 0 Å². The molecule has 2 aromatic rings. The van der Waals surface area contributed by atoms with Crippen LogP contribution in [0.15, 0.2) is 22.6 Å². The summed E-state index contributed by atoms with van der Waals surface area (Å²) in [5.41, 5.74) is 2.36. The van der Waals surface area contributed by atoms with Crippen LogP contribution in [-0.2, 0) is 19.4 Å². The van der Waals surface area contributed by atoms with Crippen molar-refractivity contribution < 1.29 is 4.42 Å². The first-order valence-electron chi connectivity index (χ1n) is 7.22. The molecule has 0 saturated carbocycles. The van der Waals surface area contributed by atoms with Gasteiger partial charge in [0.25, 0.3) is 0 Å². The summed E-state index contributed by atoms with van der Waals surface area (Å²) >= 11 is 5.88. The lowest BCUT2D eigenvalue weighted by molar-refractivity contribution is 0.409. The maximum atomic E-state index is 5.88. The molecule has 110 valence electrons. The van der Waals surface area contributed by atoms with Gasteiger partial charge in [0, 0.05) is 18.7 Å². The van der Waals surface area contributed by atoms with Crippen molar-refractivity contribution in [2.24, 2.45) is 0 Å². The SMILES string of the molecule is CCNC(Cc1cc(CC)nn1CC)c1ccc(Cl)o1. The van der Waals surface area contributed by atoms with Crippen molar-refractivity contribution in [2.45, 2.75) is 46.2 Å². The Kier molecular flexibility index (Phi) is 5.26. The van der Waals surface area contributed by atoms with Gasteiger partial charge in [0.1, 0.15) is 5.76 Å². The number of aryl methyl sites for hydroxylation is 2. The fraction of sp³-hybridized carbons (Fsp3) is 0.533. The van der Waals surface area contributed by atoms with Crippen LogP contribution in [0.3, 0.4) is 0 Å². The van der Waals surface area contributed by atoms with Gasteiger partial charge in [-0.2, -0.15) is 5.10 Å². The first kappa shape index (κ1) is 15.1. The second-order valence-corrected chi connectivity index (χ2v) is 5.13. The zero-order valence-electron chi connectivity index (χ0n) is 12.3. The molecule has 0 aliphatic carbocycles. The third-order valence-corrected chi connectivity index (χ3v) is 3.58. The molecule has 0 amide bonds. The second kappa shape index (κ2) is 6.95. The molecule has 0 aromatic carbocycles. The van der Waals surface area contributed by atoms with Crippen LogP contribution in [0.5, 0.6) is 0 Å². The van der Waals surface area contributed by atoms with Crippen molar-refractivity contribution >= 4 is 11.6 Å². The Morgan fingerprint density at radius 2 is 2.15 bits per heavy atom. The molecule has 2 heterocycles. The number of hydrogen-bond acceptors (Lipinski definition) is 3. The Labute approximate surface area is 125 Å². The summed E-state index contributed by atoms with van der Waals surface area (Å²) in [6.45, 7) is 8.09. The van der Waals surface area contributed by atoms with Gasteiger partial charge in [0.15, 0.2) is 5.22 Å². The molecule has 0 bridgehead atoms. The third-order valence-electron chi connectivity index (χ3n) is 3.38. The Morgan fingerprint density at radius 1 is 1.35 bits per heavy atom. The van der Waals surface area contributed by atoms with E-state index in [-0.39, 0.29) is 6.04 Å². The van der Waals surface area contributed by atoms with E-state index in [1.165, 1.54) is 5.69 Å². The van der Waals surface area contributed by atoms with Crippen molar-refractivity contribution in [1.29, 1.82) is 0 Å². The van der Waals surface area contributed by atoms with Gasteiger partial charge >= 0.3 is 0 Å². The van der Waals surface area contributed by atoms with Crippen molar-refractivity contribution in [2.75, 3.05) is 6.54 Å². The number of hydrogen-bond donors (Lipinski definition) is 1. The van der Waals surface area contributed by atoms with Crippen LogP contribution in [0.2, 0.25) is 5.22 Å². The summed E-state index contributed by atoms with van der Waals surface area (Å²) < 4.78 is 7.61. The molecule has 0 aliphatic heterocycles. The first-order chi connectivity index (χ1) is 9.67. The van der Waals surface area contributed by atoms with Gasteiger partial charge in [-0.05, 0) is 49.7 Å². The van der Waals surface area contributed by atoms with Gasteiger partial charge in [-0.1, -0.05) is 13.8 Å². The fourth-order valence-electron chi connectivity index (χ4n) is 2.37. The van der Waals surface area contributed by atoms with Crippen LogP contribution in [0, 0.1) is 0 Å². The summed E-state index contributed by atoms with van der Waals surface area (Å²) in [5.74, 6) is 0.874. The smallest absolute Gasteiger partial charge is 0.193 e. The number of nitrogens with zero attached hydrogens (tertiary/aromatic N) is 2. The minimum Gasteiger partial charge on any atom is -0.448 e. The largest absolute Gasteiger partial charge is 0.448 e. The third kappa shape index (κ3) is 3.44. The van der Waals surface area contributed by atoms with E-state index in [0.717, 1.165) is 37.4 Å². The number of halogens is 1. The van der Waals surface area contributed by atoms with E-state index in [0.29, 0.717) is 5.22 Å². The zero-order chi connectivity index (χ0) is 14.5. The van der Waals surface area contributed by atoms with Gasteiger partial charge < -0.3 is 9.73 Å². The number of furan rings is 1. The van der Waals surface area contributed by atoms with Crippen LogP contribution in [-0.4, -0.2) is 16.3 Å². The average molecular weight is 296 g/mol. The molecular formula is C15H22ClN3O. The minimum absolute atomic E-state index is 0.124. The van der Waals surface area contributed by atoms with Crippen LogP contribution in [0.4, 0.5) is 0 Å². The highest BCUT2D eigenvalue weighted by Crippen LogP contribution is 2.23. The predicted octanol–water partition coefficient (Wildman–Crippen LogP) is 3.61. The topological polar surface area (TPSA) is 43.0 Å². The summed E-state index contributed by atoms with van der Waals surface area (Å²) in [6.07, 6.45) is 1.80. The fourth-order valence-corrected chi connectivity index (χ4v) is 2.52. The van der Waals surface area contributed by atoms with Crippen LogP contribution < -0.4 is 5.32 Å². The monoisotopic (exact) mass is 295 g/mol. The molecule has 2 rings (SSSR count). The standard InChI is InChI=1S/C15H22ClN3O/c1-4-11-9-12(19(6-3)18-11)10-13(17-5-2)14-7-8-15(16)20-14/h7-9,13,17H,4-6,10H2,1-3H3. The molecule has 0 aliphatic rings. The summed E-state index contributed by atoms with van der Waals surface area (Å²) in [7, 11) is 0. The highest BCUT2D eigenvalue weighted by Gasteiger charge is 2.18. The number of nitrogens with one attached hydrogen (secondary N) is 1. The lowest BCUT2D eigenvalue weighted by Crippen LogP contribution is -2.23. The highest BCUT2D eigenvalue weighted by molar-refractivity contribution is 6.28. The average Bonchev–Trinajstić information content (AvgIpc) is 3.04. The predicted molar refractivity (Wildman–Crippen MR) is 81.1 cm³/mol. The van der Waals surface area contributed by atoms with E-state index in [2.05, 4.69) is 41.9 Å². The molecule has 4 nitrogen and oxygen atoms in total. The van der Waals surface area contributed by atoms with Gasteiger partial charge in [0.2, 0.25) is 0 Å². The summed E-state index contributed by atoms with van der Waals surface area (Å²) in [4.78, 5) is 0. The highest BCUT2D eigenvalue weighted by atomic mass is 35.5. The van der Waals surface area contributed by atoms with E-state index in [1.54, 1.807) is 6.07 Å². The molecule has 0 radical (unpaired) electrons. The lowest BCUT2D eigenvalue weighted by Gasteiger charge is -2.16. The molecule has 0 spiro atoms. The van der Waals surface area contributed by atoms with E-state index in [4.69, 9.17) is 16.0 Å². The molecule has 1 atom stereocenters. The zero-order valence-corrected chi connectivity index (χ0v) is 13.1. The summed E-state index contributed by atoms with van der Waals surface area (Å²) in [6, 6.07) is 6.02. The molecule has 5 heteroatoms. The van der Waals surface area contributed by atoms with E-state index in [1.807, 2.05) is 6.07 Å². The molecule has 0 fully saturated rings. The number of likely N-dealkylation sites (N-methyl/N-ethyl adjacent to an activating group) is 1. The maximum Gasteiger partial charge on any atom is 0.193 e. The molecular weight excluding hydrogens is 274 g/mol. The van der Waals surface area contributed by atoms with Crippen molar-refractivity contribution in [3.05, 3.63) is 40.6 Å². The Hall–Kier alpha value is -1.26. The van der Waals surface area contributed by atoms with Crippen molar-refractivity contribution in [1.82, 2.24) is 15.1 Å². The Balaban J connectivity index is 2.21. The van der Waals surface area contributed by atoms with Crippen LogP contribution >= 0.6 is 11.6 Å². The van der Waals surface area contributed by atoms with Crippen LogP contribution in [0.1, 0.15) is 44.0 Å². The molecule has 0 saturated heterocycles. The normalized spacial score (nSPS) is 12.8. The van der Waals surface area contributed by atoms with Gasteiger partial charge in [-0.15, -0.1) is 0 Å². The maximum absolute atomic E-state index is 5.88. The van der Waals surface area contributed by atoms with Crippen molar-refractivity contribution in [3.8, 4) is 0 Å². The van der Waals surface area contributed by atoms with E-state index < -0.39 is 0 Å². The molecule has 1 unspecified atom stereocenters. The van der Waals surface area contributed by atoms with E-state index >= 15 is 0 Å². The van der Waals surface area contributed by atoms with Gasteiger partial charge in [0.05, 0.1) is 11.7 Å². The number of rotatable bonds is 7. The minimum atomic E-state index is 0.124. The van der Waals surface area contributed by atoms with Gasteiger partial charge in [-0.25, -0.2) is 0 Å². The second-order valence-electron chi connectivity index (χ2n) is 4.75.